The lowest BCUT2D eigenvalue weighted by molar-refractivity contribution is 1.01. The van der Waals surface area contributed by atoms with Gasteiger partial charge in [0.2, 0.25) is 0 Å². The first-order valence-electron chi connectivity index (χ1n) is 3.77. The third kappa shape index (κ3) is 1.34. The number of allylic oxidation sites excluding steroid dienone is 4. The van der Waals surface area contributed by atoms with Gasteiger partial charge in [0, 0.05) is 6.42 Å². The Kier molecular flexibility index (Phi) is 1.69. The first-order valence-corrected chi connectivity index (χ1v) is 4.56. The van der Waals surface area contributed by atoms with Gasteiger partial charge >= 0.3 is 0 Å². The van der Waals surface area contributed by atoms with Gasteiger partial charge in [-0.2, -0.15) is 0 Å². The highest BCUT2D eigenvalue weighted by molar-refractivity contribution is 9.11. The van der Waals surface area contributed by atoms with Crippen molar-refractivity contribution in [2.75, 3.05) is 0 Å². The maximum atomic E-state index is 3.49. The third-order valence-corrected chi connectivity index (χ3v) is 2.57. The first-order chi connectivity index (χ1) is 4.86. The molecule has 0 aromatic rings. The Morgan fingerprint density at radius 3 is 2.80 bits per heavy atom. The second-order valence-electron chi connectivity index (χ2n) is 2.95. The first kappa shape index (κ1) is 6.66. The van der Waals surface area contributed by atoms with Crippen LogP contribution in [0.4, 0.5) is 0 Å². The van der Waals surface area contributed by atoms with Crippen molar-refractivity contribution < 1.29 is 0 Å². The Bertz CT molecular complexity index is 197. The van der Waals surface area contributed by atoms with Crippen molar-refractivity contribution in [1.82, 2.24) is 0 Å². The molecule has 0 aromatic carbocycles. The van der Waals surface area contributed by atoms with Crippen LogP contribution in [-0.4, -0.2) is 0 Å². The van der Waals surface area contributed by atoms with E-state index in [4.69, 9.17) is 0 Å². The molecule has 1 saturated carbocycles. The number of hydrogen-bond acceptors (Lipinski definition) is 0. The van der Waals surface area contributed by atoms with Gasteiger partial charge in [-0.05, 0) is 41.3 Å². The molecule has 0 nitrogen and oxygen atoms in total. The number of rotatable bonds is 1. The van der Waals surface area contributed by atoms with Gasteiger partial charge < -0.3 is 0 Å². The van der Waals surface area contributed by atoms with Crippen LogP contribution in [0.15, 0.2) is 22.2 Å². The fourth-order valence-electron chi connectivity index (χ4n) is 1.29. The topological polar surface area (TPSA) is 0 Å². The molecule has 0 heterocycles. The average molecular weight is 198 g/mol. The molecule has 1 heteroatoms. The maximum absolute atomic E-state index is 3.49. The molecule has 2 aliphatic rings. The number of halogens is 1. The van der Waals surface area contributed by atoms with Crippen LogP contribution in [0, 0.1) is 12.3 Å². The van der Waals surface area contributed by atoms with Gasteiger partial charge in [0.05, 0.1) is 0 Å². The Labute approximate surface area is 70.1 Å². The molecule has 0 amide bonds. The monoisotopic (exact) mass is 197 g/mol. The highest BCUT2D eigenvalue weighted by Crippen LogP contribution is 2.40. The summed E-state index contributed by atoms with van der Waals surface area (Å²) in [6, 6.07) is 0. The van der Waals surface area contributed by atoms with E-state index >= 15 is 0 Å². The Hall–Kier alpha value is -0.0400. The second kappa shape index (κ2) is 2.54. The standard InChI is InChI=1S/C9H10Br/c10-9-3-1-2-8(6-9)7-4-5-7/h2-3,6-7H,1,4-5H2. The summed E-state index contributed by atoms with van der Waals surface area (Å²) in [5, 5.41) is 0. The highest BCUT2D eigenvalue weighted by atomic mass is 79.9. The summed E-state index contributed by atoms with van der Waals surface area (Å²) in [6.45, 7) is 0. The van der Waals surface area contributed by atoms with Crippen LogP contribution in [-0.2, 0) is 0 Å². The lowest BCUT2D eigenvalue weighted by Crippen LogP contribution is -1.89. The van der Waals surface area contributed by atoms with Gasteiger partial charge in [-0.1, -0.05) is 22.0 Å². The molecule has 1 fully saturated rings. The van der Waals surface area contributed by atoms with Crippen LogP contribution in [0.1, 0.15) is 19.3 Å². The van der Waals surface area contributed by atoms with Gasteiger partial charge in [0.25, 0.3) is 0 Å². The fraction of sp³-hybridized carbons (Fsp3) is 0.444. The molecule has 1 radical (unpaired) electrons. The van der Waals surface area contributed by atoms with Crippen LogP contribution in [0.2, 0.25) is 0 Å². The SMILES string of the molecule is BrC1=CC(C2CC2)=CC[CH]1. The van der Waals surface area contributed by atoms with Crippen LogP contribution in [0.25, 0.3) is 0 Å². The van der Waals surface area contributed by atoms with Gasteiger partial charge in [0.1, 0.15) is 0 Å². The molecule has 0 saturated heterocycles. The van der Waals surface area contributed by atoms with Gasteiger partial charge in [0.15, 0.2) is 0 Å². The van der Waals surface area contributed by atoms with Gasteiger partial charge in [-0.3, -0.25) is 0 Å². The minimum Gasteiger partial charge on any atom is -0.0804 e. The van der Waals surface area contributed by atoms with Gasteiger partial charge in [-0.25, -0.2) is 0 Å². The van der Waals surface area contributed by atoms with Crippen molar-refractivity contribution in [2.45, 2.75) is 19.3 Å². The molecule has 10 heavy (non-hydrogen) atoms. The molecule has 0 bridgehead atoms. The summed E-state index contributed by atoms with van der Waals surface area (Å²) in [7, 11) is 0. The summed E-state index contributed by atoms with van der Waals surface area (Å²) < 4.78 is 1.26. The molecule has 0 aliphatic heterocycles. The van der Waals surface area contributed by atoms with E-state index in [0.717, 1.165) is 12.3 Å². The summed E-state index contributed by atoms with van der Waals surface area (Å²) in [5.41, 5.74) is 1.55. The Balaban J connectivity index is 2.12. The Morgan fingerprint density at radius 2 is 2.20 bits per heavy atom. The summed E-state index contributed by atoms with van der Waals surface area (Å²) in [5.74, 6) is 0.904. The van der Waals surface area contributed by atoms with Crippen molar-refractivity contribution in [1.29, 1.82) is 0 Å². The van der Waals surface area contributed by atoms with Gasteiger partial charge in [-0.15, -0.1) is 0 Å². The van der Waals surface area contributed by atoms with Crippen LogP contribution in [0.3, 0.4) is 0 Å². The average Bonchev–Trinajstić information content (AvgIpc) is 2.68. The molecule has 0 spiro atoms. The lowest BCUT2D eigenvalue weighted by atomic mass is 10.0. The Morgan fingerprint density at radius 1 is 1.40 bits per heavy atom. The third-order valence-electron chi connectivity index (χ3n) is 2.02. The van der Waals surface area contributed by atoms with E-state index in [1.807, 2.05) is 0 Å². The lowest BCUT2D eigenvalue weighted by Gasteiger charge is -2.07. The minimum absolute atomic E-state index is 0.904. The molecule has 53 valence electrons. The number of hydrogen-bond donors (Lipinski definition) is 0. The van der Waals surface area contributed by atoms with E-state index in [2.05, 4.69) is 34.5 Å². The van der Waals surface area contributed by atoms with Crippen molar-refractivity contribution in [3.05, 3.63) is 28.6 Å². The minimum atomic E-state index is 0.904. The molecular formula is C9H10Br. The zero-order valence-electron chi connectivity index (χ0n) is 5.81. The second-order valence-corrected chi connectivity index (χ2v) is 3.86. The van der Waals surface area contributed by atoms with Crippen molar-refractivity contribution in [3.63, 3.8) is 0 Å². The zero-order valence-corrected chi connectivity index (χ0v) is 7.39. The molecule has 0 unspecified atom stereocenters. The zero-order chi connectivity index (χ0) is 6.97. The molecule has 0 aromatic heterocycles. The summed E-state index contributed by atoms with van der Waals surface area (Å²) in [6.07, 6.45) is 10.7. The van der Waals surface area contributed by atoms with E-state index in [1.54, 1.807) is 5.57 Å². The molecular weight excluding hydrogens is 188 g/mol. The van der Waals surface area contributed by atoms with Crippen LogP contribution < -0.4 is 0 Å². The molecule has 2 rings (SSSR count). The predicted octanol–water partition coefficient (Wildman–Crippen LogP) is 3.21. The van der Waals surface area contributed by atoms with E-state index in [0.29, 0.717) is 0 Å². The van der Waals surface area contributed by atoms with Crippen molar-refractivity contribution in [3.8, 4) is 0 Å². The largest absolute Gasteiger partial charge is 0.0804 e. The fourth-order valence-corrected chi connectivity index (χ4v) is 1.74. The van der Waals surface area contributed by atoms with E-state index in [-0.39, 0.29) is 0 Å². The maximum Gasteiger partial charge on any atom is 0.00161 e. The van der Waals surface area contributed by atoms with Crippen molar-refractivity contribution in [2.24, 2.45) is 5.92 Å². The van der Waals surface area contributed by atoms with Crippen molar-refractivity contribution >= 4 is 15.9 Å². The van der Waals surface area contributed by atoms with Crippen LogP contribution in [0.5, 0.6) is 0 Å². The van der Waals surface area contributed by atoms with Crippen LogP contribution >= 0.6 is 15.9 Å². The summed E-state index contributed by atoms with van der Waals surface area (Å²) >= 11 is 3.49. The van der Waals surface area contributed by atoms with E-state index in [1.165, 1.54) is 17.3 Å². The molecule has 0 atom stereocenters. The quantitative estimate of drug-likeness (QED) is 0.606. The molecule has 2 aliphatic carbocycles. The molecule has 0 N–H and O–H groups in total. The predicted molar refractivity (Wildman–Crippen MR) is 46.7 cm³/mol. The highest BCUT2D eigenvalue weighted by Gasteiger charge is 2.25. The van der Waals surface area contributed by atoms with E-state index in [9.17, 15) is 0 Å². The smallest absolute Gasteiger partial charge is 0.00161 e. The normalized spacial score (nSPS) is 25.7. The van der Waals surface area contributed by atoms with E-state index < -0.39 is 0 Å². The summed E-state index contributed by atoms with van der Waals surface area (Å²) in [4.78, 5) is 0.